The Labute approximate surface area is 162 Å². The summed E-state index contributed by atoms with van der Waals surface area (Å²) in [4.78, 5) is 7.55. The Kier molecular flexibility index (Phi) is 7.97. The number of nitrogens with zero attached hydrogens (tertiary/aromatic N) is 3. The van der Waals surface area contributed by atoms with E-state index in [0.29, 0.717) is 11.5 Å². The summed E-state index contributed by atoms with van der Waals surface area (Å²) in [6.07, 6.45) is 3.95. The van der Waals surface area contributed by atoms with Crippen LogP contribution in [-0.4, -0.2) is 55.6 Å². The van der Waals surface area contributed by atoms with Crippen molar-refractivity contribution in [2.24, 2.45) is 5.41 Å². The minimum atomic E-state index is 0.467. The van der Waals surface area contributed by atoms with Gasteiger partial charge < -0.3 is 9.80 Å². The minimum Gasteiger partial charge on any atom is -0.369 e. The first-order valence-corrected chi connectivity index (χ1v) is 10.5. The van der Waals surface area contributed by atoms with Gasteiger partial charge in [0.15, 0.2) is 0 Å². The Hall–Kier alpha value is -1.06. The van der Waals surface area contributed by atoms with Gasteiger partial charge in [-0.05, 0) is 63.4 Å². The van der Waals surface area contributed by atoms with Crippen LogP contribution in [0.1, 0.15) is 59.4 Å². The van der Waals surface area contributed by atoms with Gasteiger partial charge in [0.2, 0.25) is 0 Å². The first-order valence-electron chi connectivity index (χ1n) is 10.5. The average molecular weight is 360 g/mol. The van der Waals surface area contributed by atoms with Gasteiger partial charge in [-0.15, -0.1) is 0 Å². The molecule has 0 bridgehead atoms. The maximum atomic E-state index is 2.57. The second kappa shape index (κ2) is 9.75. The van der Waals surface area contributed by atoms with Crippen LogP contribution in [0.3, 0.4) is 0 Å². The van der Waals surface area contributed by atoms with Gasteiger partial charge in [-0.1, -0.05) is 39.3 Å². The van der Waals surface area contributed by atoms with Gasteiger partial charge >= 0.3 is 0 Å². The molecule has 1 aromatic rings. The second-order valence-corrected chi connectivity index (χ2v) is 9.54. The molecule has 0 spiro atoms. The van der Waals surface area contributed by atoms with Crippen molar-refractivity contribution in [1.82, 2.24) is 9.80 Å². The summed E-state index contributed by atoms with van der Waals surface area (Å²) in [6, 6.07) is 9.92. The van der Waals surface area contributed by atoms with Crippen LogP contribution >= 0.6 is 0 Å². The van der Waals surface area contributed by atoms with Crippen molar-refractivity contribution >= 4 is 5.69 Å². The Morgan fingerprint density at radius 3 is 2.12 bits per heavy atom. The summed E-state index contributed by atoms with van der Waals surface area (Å²) in [5.41, 5.74) is 3.27. The van der Waals surface area contributed by atoms with Crippen LogP contribution in [0, 0.1) is 5.41 Å². The third kappa shape index (κ3) is 7.28. The summed E-state index contributed by atoms with van der Waals surface area (Å²) in [5.74, 6) is 0. The molecule has 3 heteroatoms. The molecule has 148 valence electrons. The monoisotopic (exact) mass is 359 g/mol. The summed E-state index contributed by atoms with van der Waals surface area (Å²) in [5, 5.41) is 0. The van der Waals surface area contributed by atoms with Gasteiger partial charge in [-0.2, -0.15) is 0 Å². The van der Waals surface area contributed by atoms with E-state index >= 15 is 0 Å². The zero-order valence-electron chi connectivity index (χ0n) is 18.1. The third-order valence-electron chi connectivity index (χ3n) is 5.52. The van der Waals surface area contributed by atoms with E-state index in [9.17, 15) is 0 Å². The quantitative estimate of drug-likeness (QED) is 0.613. The average Bonchev–Trinajstić information content (AvgIpc) is 2.59. The molecule has 0 unspecified atom stereocenters. The van der Waals surface area contributed by atoms with Crippen molar-refractivity contribution < 1.29 is 0 Å². The highest BCUT2D eigenvalue weighted by Gasteiger charge is 2.18. The molecular formula is C23H41N3. The highest BCUT2D eigenvalue weighted by molar-refractivity contribution is 5.48. The number of benzene rings is 1. The lowest BCUT2D eigenvalue weighted by Crippen LogP contribution is -2.48. The third-order valence-corrected chi connectivity index (χ3v) is 5.52. The molecule has 1 fully saturated rings. The SMILES string of the molecule is CC(C)N1CCN(c2ccc(CN(C)CCCCC(C)(C)C)cc2)CC1. The topological polar surface area (TPSA) is 9.72 Å². The molecule has 3 nitrogen and oxygen atoms in total. The van der Waals surface area contributed by atoms with Crippen LogP contribution < -0.4 is 4.90 Å². The Balaban J connectivity index is 1.73. The lowest BCUT2D eigenvalue weighted by atomic mass is 9.90. The van der Waals surface area contributed by atoms with Crippen LogP contribution in [0.25, 0.3) is 0 Å². The molecule has 2 rings (SSSR count). The molecule has 1 heterocycles. The first kappa shape index (κ1) is 21.2. The molecule has 1 aliphatic heterocycles. The molecule has 0 amide bonds. The zero-order valence-corrected chi connectivity index (χ0v) is 18.1. The Morgan fingerprint density at radius 2 is 1.58 bits per heavy atom. The number of rotatable bonds is 8. The fourth-order valence-corrected chi connectivity index (χ4v) is 3.74. The molecular weight excluding hydrogens is 318 g/mol. The number of anilines is 1. The fourth-order valence-electron chi connectivity index (χ4n) is 3.74. The van der Waals surface area contributed by atoms with Gasteiger partial charge in [0.05, 0.1) is 0 Å². The maximum absolute atomic E-state index is 2.57. The van der Waals surface area contributed by atoms with E-state index in [1.54, 1.807) is 0 Å². The van der Waals surface area contributed by atoms with E-state index in [2.05, 4.69) is 80.6 Å². The largest absolute Gasteiger partial charge is 0.369 e. The van der Waals surface area contributed by atoms with Gasteiger partial charge in [0, 0.05) is 44.5 Å². The summed E-state index contributed by atoms with van der Waals surface area (Å²) in [7, 11) is 2.25. The van der Waals surface area contributed by atoms with Crippen LogP contribution in [0.15, 0.2) is 24.3 Å². The smallest absolute Gasteiger partial charge is 0.0367 e. The van der Waals surface area contributed by atoms with Crippen LogP contribution in [0.5, 0.6) is 0 Å². The summed E-state index contributed by atoms with van der Waals surface area (Å²) >= 11 is 0. The lowest BCUT2D eigenvalue weighted by molar-refractivity contribution is 0.209. The van der Waals surface area contributed by atoms with Crippen molar-refractivity contribution in [3.8, 4) is 0 Å². The van der Waals surface area contributed by atoms with Crippen molar-refractivity contribution in [3.05, 3.63) is 29.8 Å². The first-order chi connectivity index (χ1) is 12.2. The van der Waals surface area contributed by atoms with Crippen molar-refractivity contribution in [2.45, 2.75) is 66.5 Å². The molecule has 0 atom stereocenters. The molecule has 0 saturated carbocycles. The van der Waals surface area contributed by atoms with Crippen molar-refractivity contribution in [1.29, 1.82) is 0 Å². The van der Waals surface area contributed by atoms with Crippen molar-refractivity contribution in [2.75, 3.05) is 44.7 Å². The molecule has 1 aromatic carbocycles. The Bertz CT molecular complexity index is 507. The maximum Gasteiger partial charge on any atom is 0.0367 e. The molecule has 0 aromatic heterocycles. The van der Waals surface area contributed by atoms with E-state index in [-0.39, 0.29) is 0 Å². The fraction of sp³-hybridized carbons (Fsp3) is 0.739. The predicted molar refractivity (Wildman–Crippen MR) is 115 cm³/mol. The van der Waals surface area contributed by atoms with E-state index in [4.69, 9.17) is 0 Å². The molecule has 0 radical (unpaired) electrons. The highest BCUT2D eigenvalue weighted by Crippen LogP contribution is 2.22. The van der Waals surface area contributed by atoms with Crippen LogP contribution in [0.4, 0.5) is 5.69 Å². The van der Waals surface area contributed by atoms with E-state index in [0.717, 1.165) is 19.6 Å². The standard InChI is InChI=1S/C23H41N3/c1-20(2)25-15-17-26(18-16-25)22-11-9-21(10-12-22)19-24(6)14-8-7-13-23(3,4)5/h9-12,20H,7-8,13-19H2,1-6H3. The number of hydrogen-bond donors (Lipinski definition) is 0. The lowest BCUT2D eigenvalue weighted by Gasteiger charge is -2.38. The van der Waals surface area contributed by atoms with Gasteiger partial charge in [-0.3, -0.25) is 4.90 Å². The molecule has 26 heavy (non-hydrogen) atoms. The van der Waals surface area contributed by atoms with Crippen molar-refractivity contribution in [3.63, 3.8) is 0 Å². The Morgan fingerprint density at radius 1 is 0.962 bits per heavy atom. The van der Waals surface area contributed by atoms with Crippen LogP contribution in [0.2, 0.25) is 0 Å². The molecule has 0 N–H and O–H groups in total. The summed E-state index contributed by atoms with van der Waals surface area (Å²) in [6.45, 7) is 18.5. The zero-order chi connectivity index (χ0) is 19.2. The van der Waals surface area contributed by atoms with Gasteiger partial charge in [-0.25, -0.2) is 0 Å². The summed E-state index contributed by atoms with van der Waals surface area (Å²) < 4.78 is 0. The highest BCUT2D eigenvalue weighted by atomic mass is 15.3. The number of unbranched alkanes of at least 4 members (excludes halogenated alkanes) is 1. The molecule has 0 aliphatic carbocycles. The van der Waals surface area contributed by atoms with E-state index in [1.807, 2.05) is 0 Å². The van der Waals surface area contributed by atoms with Gasteiger partial charge in [0.1, 0.15) is 0 Å². The van der Waals surface area contributed by atoms with Gasteiger partial charge in [0.25, 0.3) is 0 Å². The normalized spacial score (nSPS) is 16.7. The number of piperazine rings is 1. The minimum absolute atomic E-state index is 0.467. The molecule has 1 saturated heterocycles. The second-order valence-electron chi connectivity index (χ2n) is 9.54. The van der Waals surface area contributed by atoms with E-state index in [1.165, 1.54) is 50.1 Å². The predicted octanol–water partition coefficient (Wildman–Crippen LogP) is 4.87. The van der Waals surface area contributed by atoms with Crippen LogP contribution in [-0.2, 0) is 6.54 Å². The van der Waals surface area contributed by atoms with E-state index < -0.39 is 0 Å². The molecule has 1 aliphatic rings. The number of hydrogen-bond acceptors (Lipinski definition) is 3.